The zero-order valence-corrected chi connectivity index (χ0v) is 11.5. The van der Waals surface area contributed by atoms with Crippen LogP contribution in [0, 0.1) is 0 Å². The minimum absolute atomic E-state index is 0.0658. The largest absolute Gasteiger partial charge is 0.445 e. The Morgan fingerprint density at radius 2 is 0.957 bits per heavy atom. The molecule has 2 atom stereocenters. The first-order valence-corrected chi connectivity index (χ1v) is 6.53. The molecule has 0 aliphatic rings. The number of aliphatic hydroxyl groups is 2. The highest BCUT2D eigenvalue weighted by atomic mass is 32.2. The first kappa shape index (κ1) is 22.1. The minimum atomic E-state index is -5.69. The van der Waals surface area contributed by atoms with E-state index >= 15 is 0 Å². The number of aliphatic hydroxyl groups excluding tert-OH is 2. The Balaban J connectivity index is 4.69. The third-order valence-electron chi connectivity index (χ3n) is 2.05. The predicted octanol–water partition coefficient (Wildman–Crippen LogP) is 3.87. The zero-order chi connectivity index (χ0) is 18.6. The maximum atomic E-state index is 12.8. The molecule has 0 saturated heterocycles. The van der Waals surface area contributed by atoms with E-state index in [0.717, 1.165) is 0 Å². The molecule has 0 spiro atoms. The van der Waals surface area contributed by atoms with Crippen molar-refractivity contribution >= 4 is 11.8 Å². The summed E-state index contributed by atoms with van der Waals surface area (Å²) in [5.74, 6) is -13.7. The van der Waals surface area contributed by atoms with Crippen LogP contribution >= 0.6 is 11.8 Å². The van der Waals surface area contributed by atoms with Gasteiger partial charge in [-0.3, -0.25) is 0 Å². The summed E-state index contributed by atoms with van der Waals surface area (Å²) in [5, 5.41) is 17.8. The summed E-state index contributed by atoms with van der Waals surface area (Å²) in [6.07, 6.45) is -16.7. The Labute approximate surface area is 126 Å². The fourth-order valence-electron chi connectivity index (χ4n) is 1.00. The van der Waals surface area contributed by atoms with Crippen LogP contribution in [0.1, 0.15) is 0 Å². The highest BCUT2D eigenvalue weighted by Gasteiger charge is 2.41. The lowest BCUT2D eigenvalue weighted by Crippen LogP contribution is -2.21. The lowest BCUT2D eigenvalue weighted by Gasteiger charge is -2.13. The van der Waals surface area contributed by atoms with Gasteiger partial charge in [0, 0.05) is 11.5 Å². The van der Waals surface area contributed by atoms with E-state index in [1.54, 1.807) is 0 Å². The minimum Gasteiger partial charge on any atom is -0.385 e. The Bertz CT molecular complexity index is 425. The molecule has 0 aliphatic heterocycles. The summed E-state index contributed by atoms with van der Waals surface area (Å²) in [6, 6.07) is 0. The summed E-state index contributed by atoms with van der Waals surface area (Å²) in [7, 11) is 0. The predicted molar refractivity (Wildman–Crippen MR) is 59.9 cm³/mol. The van der Waals surface area contributed by atoms with Gasteiger partial charge in [0.2, 0.25) is 11.7 Å². The maximum absolute atomic E-state index is 12.8. The van der Waals surface area contributed by atoms with E-state index in [9.17, 15) is 43.9 Å². The molecule has 136 valence electrons. The summed E-state index contributed by atoms with van der Waals surface area (Å²) in [6.45, 7) is 0. The van der Waals surface area contributed by atoms with Crippen molar-refractivity contribution in [1.82, 2.24) is 0 Å². The van der Waals surface area contributed by atoms with E-state index < -0.39 is 59.4 Å². The van der Waals surface area contributed by atoms with Gasteiger partial charge in [-0.2, -0.15) is 46.9 Å². The molecule has 0 aliphatic carbocycles. The summed E-state index contributed by atoms with van der Waals surface area (Å²) in [4.78, 5) is 0. The van der Waals surface area contributed by atoms with Crippen LogP contribution in [-0.2, 0) is 0 Å². The van der Waals surface area contributed by atoms with Crippen LogP contribution in [0.4, 0.5) is 43.9 Å². The van der Waals surface area contributed by atoms with E-state index in [2.05, 4.69) is 0 Å². The molecular weight excluding hydrogens is 374 g/mol. The molecule has 0 aromatic rings. The Morgan fingerprint density at radius 1 is 0.696 bits per heavy atom. The SMILES string of the molecule is OC(CSCC(O)C(F)=C(F)C(F)(F)F)C(F)=C(F)C(F)(F)F. The first-order valence-electron chi connectivity index (χ1n) is 5.38. The molecule has 2 nitrogen and oxygen atoms in total. The molecule has 0 amide bonds. The fourth-order valence-corrected chi connectivity index (χ4v) is 1.88. The molecule has 13 heteroatoms. The van der Waals surface area contributed by atoms with Gasteiger partial charge < -0.3 is 10.2 Å². The summed E-state index contributed by atoms with van der Waals surface area (Å²) < 4.78 is 121. The molecule has 0 saturated carbocycles. The van der Waals surface area contributed by atoms with Crippen LogP contribution in [0.3, 0.4) is 0 Å². The second-order valence-electron chi connectivity index (χ2n) is 3.89. The number of hydrogen-bond acceptors (Lipinski definition) is 3. The molecule has 2 unspecified atom stereocenters. The van der Waals surface area contributed by atoms with Crippen molar-refractivity contribution in [1.29, 1.82) is 0 Å². The molecule has 0 aromatic carbocycles. The highest BCUT2D eigenvalue weighted by molar-refractivity contribution is 7.99. The van der Waals surface area contributed by atoms with Gasteiger partial charge in [-0.05, 0) is 0 Å². The van der Waals surface area contributed by atoms with E-state index in [0.29, 0.717) is 0 Å². The summed E-state index contributed by atoms with van der Waals surface area (Å²) >= 11 is 0.0658. The molecule has 0 bridgehead atoms. The second kappa shape index (κ2) is 8.24. The average molecular weight is 382 g/mol. The van der Waals surface area contributed by atoms with E-state index in [1.807, 2.05) is 0 Å². The number of halogens is 10. The van der Waals surface area contributed by atoms with Crippen molar-refractivity contribution in [3.8, 4) is 0 Å². The molecule has 0 rings (SSSR count). The van der Waals surface area contributed by atoms with Gasteiger partial charge in [-0.25, -0.2) is 8.78 Å². The fraction of sp³-hybridized carbons (Fsp3) is 0.600. The number of allylic oxidation sites excluding steroid dienone is 2. The molecule has 23 heavy (non-hydrogen) atoms. The van der Waals surface area contributed by atoms with E-state index in [-0.39, 0.29) is 11.8 Å². The number of alkyl halides is 6. The number of hydrogen-bond donors (Lipinski definition) is 2. The maximum Gasteiger partial charge on any atom is 0.445 e. The Hall–Kier alpha value is -0.950. The average Bonchev–Trinajstić information content (AvgIpc) is 2.41. The van der Waals surface area contributed by atoms with Gasteiger partial charge in [-0.1, -0.05) is 0 Å². The smallest absolute Gasteiger partial charge is 0.385 e. The van der Waals surface area contributed by atoms with Gasteiger partial charge in [0.15, 0.2) is 11.7 Å². The Morgan fingerprint density at radius 3 is 1.17 bits per heavy atom. The third kappa shape index (κ3) is 6.99. The van der Waals surface area contributed by atoms with Gasteiger partial charge in [0.25, 0.3) is 0 Å². The zero-order valence-electron chi connectivity index (χ0n) is 10.7. The third-order valence-corrected chi connectivity index (χ3v) is 3.16. The van der Waals surface area contributed by atoms with Gasteiger partial charge >= 0.3 is 12.4 Å². The summed E-state index contributed by atoms with van der Waals surface area (Å²) in [5.41, 5.74) is 0. The molecule has 2 N–H and O–H groups in total. The van der Waals surface area contributed by atoms with Gasteiger partial charge in [-0.15, -0.1) is 0 Å². The van der Waals surface area contributed by atoms with Crippen molar-refractivity contribution in [3.05, 3.63) is 23.3 Å². The van der Waals surface area contributed by atoms with Crippen molar-refractivity contribution < 1.29 is 54.1 Å². The number of thioether (sulfide) groups is 1. The van der Waals surface area contributed by atoms with Crippen LogP contribution in [0.5, 0.6) is 0 Å². The van der Waals surface area contributed by atoms with E-state index in [4.69, 9.17) is 10.2 Å². The molecule has 0 heterocycles. The first-order chi connectivity index (χ1) is 10.2. The van der Waals surface area contributed by atoms with E-state index in [1.165, 1.54) is 0 Å². The van der Waals surface area contributed by atoms with Crippen LogP contribution < -0.4 is 0 Å². The monoisotopic (exact) mass is 382 g/mol. The second-order valence-corrected chi connectivity index (χ2v) is 4.96. The van der Waals surface area contributed by atoms with Crippen molar-refractivity contribution in [2.75, 3.05) is 11.5 Å². The standard InChI is InChI=1S/C10H8F10O2S/c11-5(7(13)9(15,16)17)3(21)1-23-2-4(22)6(12)8(14)10(18,19)20/h3-4,21-22H,1-2H2. The normalized spacial score (nSPS) is 18.3. The van der Waals surface area contributed by atoms with Crippen molar-refractivity contribution in [2.45, 2.75) is 24.6 Å². The van der Waals surface area contributed by atoms with Crippen LogP contribution in [0.25, 0.3) is 0 Å². The topological polar surface area (TPSA) is 40.5 Å². The molecule has 0 aromatic heterocycles. The molecular formula is C10H8F10O2S. The molecule has 0 fully saturated rings. The number of rotatable bonds is 6. The van der Waals surface area contributed by atoms with Crippen LogP contribution in [0.15, 0.2) is 23.3 Å². The lowest BCUT2D eigenvalue weighted by molar-refractivity contribution is -0.113. The quantitative estimate of drug-likeness (QED) is 0.686. The van der Waals surface area contributed by atoms with Crippen LogP contribution in [0.2, 0.25) is 0 Å². The Kier molecular flexibility index (Phi) is 7.90. The molecule has 0 radical (unpaired) electrons. The van der Waals surface area contributed by atoms with Crippen LogP contribution in [-0.4, -0.2) is 46.3 Å². The van der Waals surface area contributed by atoms with Gasteiger partial charge in [0.1, 0.15) is 12.2 Å². The highest BCUT2D eigenvalue weighted by Crippen LogP contribution is 2.33. The van der Waals surface area contributed by atoms with Crippen molar-refractivity contribution in [3.63, 3.8) is 0 Å². The lowest BCUT2D eigenvalue weighted by atomic mass is 10.3. The van der Waals surface area contributed by atoms with Gasteiger partial charge in [0.05, 0.1) is 0 Å². The van der Waals surface area contributed by atoms with Crippen molar-refractivity contribution in [2.24, 2.45) is 0 Å².